The maximum Gasteiger partial charge on any atom is 0.226 e. The first-order valence-electron chi connectivity index (χ1n) is 6.15. The molecule has 2 aromatic rings. The molecule has 1 atom stereocenters. The highest BCUT2D eigenvalue weighted by Gasteiger charge is 2.11. The minimum atomic E-state index is -0.322. The fraction of sp³-hybridized carbons (Fsp3) is 0.214. The molecule has 2 rings (SSSR count). The highest BCUT2D eigenvalue weighted by Crippen LogP contribution is 2.18. The molecule has 1 heterocycles. The molecule has 0 bridgehead atoms. The summed E-state index contributed by atoms with van der Waals surface area (Å²) in [5.74, 6) is 1.09. The Hall–Kier alpha value is -2.47. The van der Waals surface area contributed by atoms with Crippen LogP contribution in [0.2, 0.25) is 0 Å². The van der Waals surface area contributed by atoms with Gasteiger partial charge >= 0.3 is 0 Å². The van der Waals surface area contributed by atoms with Gasteiger partial charge in [-0.05, 0) is 6.07 Å². The number of rotatable bonds is 6. The molecular formula is C14H17N5O. The maximum atomic E-state index is 7.22. The topological polar surface area (TPSA) is 74.1 Å². The largest absolute Gasteiger partial charge is 0.357 e. The lowest BCUT2D eigenvalue weighted by Crippen LogP contribution is -2.18. The molecule has 0 saturated carbocycles. The predicted octanol–water partition coefficient (Wildman–Crippen LogP) is 2.28. The molecule has 0 radical (unpaired) electrons. The lowest BCUT2D eigenvalue weighted by atomic mass is 10.2. The lowest BCUT2D eigenvalue weighted by molar-refractivity contribution is 0.126. The zero-order valence-electron chi connectivity index (χ0n) is 11.4. The van der Waals surface area contributed by atoms with Crippen LogP contribution in [0.1, 0.15) is 11.8 Å². The fourth-order valence-electron chi connectivity index (χ4n) is 1.70. The monoisotopic (exact) mass is 271 g/mol. The van der Waals surface area contributed by atoms with E-state index in [1.54, 1.807) is 31.3 Å². The first-order chi connectivity index (χ1) is 9.74. The number of nitrogens with zero attached hydrogens (tertiary/aromatic N) is 3. The fourth-order valence-corrected chi connectivity index (χ4v) is 1.70. The number of nitrogens with one attached hydrogen (secondary N) is 2. The van der Waals surface area contributed by atoms with Crippen molar-refractivity contribution in [2.75, 3.05) is 24.4 Å². The molecule has 6 heteroatoms. The van der Waals surface area contributed by atoms with Crippen molar-refractivity contribution >= 4 is 18.1 Å². The van der Waals surface area contributed by atoms with E-state index < -0.39 is 0 Å². The molecule has 0 aliphatic heterocycles. The molecule has 20 heavy (non-hydrogen) atoms. The second kappa shape index (κ2) is 6.63. The molecule has 1 aromatic carbocycles. The predicted molar refractivity (Wildman–Crippen MR) is 79.0 cm³/mol. The smallest absolute Gasteiger partial charge is 0.226 e. The summed E-state index contributed by atoms with van der Waals surface area (Å²) in [4.78, 5) is 10.1. The minimum Gasteiger partial charge on any atom is -0.357 e. The van der Waals surface area contributed by atoms with E-state index in [9.17, 15) is 0 Å². The van der Waals surface area contributed by atoms with Crippen molar-refractivity contribution in [2.45, 2.75) is 6.23 Å². The van der Waals surface area contributed by atoms with Crippen molar-refractivity contribution in [3.63, 3.8) is 0 Å². The zero-order valence-corrected chi connectivity index (χ0v) is 11.4. The van der Waals surface area contributed by atoms with Crippen LogP contribution >= 0.6 is 0 Å². The standard InChI is InChI=1S/C14H17N5O/c1-19(10-15)12-8-9-16-14(17-12)18-13(20-2)11-6-4-3-5-7-11/h3-10,13,15H,1-2H3,(H,16,17,18). The SMILES string of the molecule is COC(Nc1nccc(N(C)C=N)n1)c1ccccc1. The molecule has 0 saturated heterocycles. The normalized spacial score (nSPS) is 11.7. The Morgan fingerprint density at radius 3 is 2.70 bits per heavy atom. The number of aromatic nitrogens is 2. The molecule has 0 aliphatic carbocycles. The molecular weight excluding hydrogens is 254 g/mol. The van der Waals surface area contributed by atoms with Gasteiger partial charge in [-0.15, -0.1) is 0 Å². The van der Waals surface area contributed by atoms with E-state index in [0.29, 0.717) is 11.8 Å². The Labute approximate surface area is 117 Å². The molecule has 0 aliphatic rings. The molecule has 104 valence electrons. The molecule has 1 aromatic heterocycles. The van der Waals surface area contributed by atoms with Crippen LogP contribution in [0.3, 0.4) is 0 Å². The maximum absolute atomic E-state index is 7.22. The van der Waals surface area contributed by atoms with Gasteiger partial charge in [-0.1, -0.05) is 30.3 Å². The number of hydrogen-bond acceptors (Lipinski definition) is 5. The molecule has 2 N–H and O–H groups in total. The van der Waals surface area contributed by atoms with Crippen molar-refractivity contribution in [2.24, 2.45) is 0 Å². The van der Waals surface area contributed by atoms with E-state index in [0.717, 1.165) is 5.56 Å². The molecule has 0 amide bonds. The van der Waals surface area contributed by atoms with Gasteiger partial charge in [0.2, 0.25) is 5.95 Å². The Kier molecular flexibility index (Phi) is 4.62. The van der Waals surface area contributed by atoms with Crippen molar-refractivity contribution < 1.29 is 4.74 Å². The van der Waals surface area contributed by atoms with Gasteiger partial charge in [0.25, 0.3) is 0 Å². The first kappa shape index (κ1) is 14.0. The second-order valence-electron chi connectivity index (χ2n) is 4.15. The Balaban J connectivity index is 2.18. The summed E-state index contributed by atoms with van der Waals surface area (Å²) in [7, 11) is 3.38. The molecule has 6 nitrogen and oxygen atoms in total. The van der Waals surface area contributed by atoms with Crippen LogP contribution in [0.15, 0.2) is 42.6 Å². The van der Waals surface area contributed by atoms with E-state index >= 15 is 0 Å². The van der Waals surface area contributed by atoms with E-state index in [1.807, 2.05) is 30.3 Å². The van der Waals surface area contributed by atoms with Crippen LogP contribution in [-0.4, -0.2) is 30.5 Å². The van der Waals surface area contributed by atoms with Crippen LogP contribution in [0.4, 0.5) is 11.8 Å². The summed E-state index contributed by atoms with van der Waals surface area (Å²) in [6.45, 7) is 0. The van der Waals surface area contributed by atoms with Crippen LogP contribution in [0, 0.1) is 5.41 Å². The summed E-state index contributed by atoms with van der Waals surface area (Å²) in [5.41, 5.74) is 0.990. The van der Waals surface area contributed by atoms with E-state index in [1.165, 1.54) is 6.34 Å². The van der Waals surface area contributed by atoms with Gasteiger partial charge in [-0.25, -0.2) is 4.98 Å². The minimum absolute atomic E-state index is 0.322. The third-order valence-corrected chi connectivity index (χ3v) is 2.79. The van der Waals surface area contributed by atoms with Crippen molar-refractivity contribution in [3.05, 3.63) is 48.2 Å². The Bertz CT molecular complexity index is 561. The quantitative estimate of drug-likeness (QED) is 0.479. The number of anilines is 2. The van der Waals surface area contributed by atoms with E-state index in [2.05, 4.69) is 15.3 Å². The van der Waals surface area contributed by atoms with Gasteiger partial charge < -0.3 is 15.0 Å². The van der Waals surface area contributed by atoms with Crippen LogP contribution in [0.25, 0.3) is 0 Å². The average molecular weight is 271 g/mol. The third-order valence-electron chi connectivity index (χ3n) is 2.79. The van der Waals surface area contributed by atoms with Gasteiger partial charge in [0.15, 0.2) is 6.23 Å². The number of ether oxygens (including phenoxy) is 1. The van der Waals surface area contributed by atoms with Crippen molar-refractivity contribution in [3.8, 4) is 0 Å². The number of hydrogen-bond donors (Lipinski definition) is 2. The van der Waals surface area contributed by atoms with E-state index in [-0.39, 0.29) is 6.23 Å². The van der Waals surface area contributed by atoms with Crippen molar-refractivity contribution in [1.82, 2.24) is 9.97 Å². The van der Waals surface area contributed by atoms with Gasteiger partial charge in [-0.3, -0.25) is 5.41 Å². The third kappa shape index (κ3) is 3.30. The van der Waals surface area contributed by atoms with Crippen molar-refractivity contribution in [1.29, 1.82) is 5.41 Å². The van der Waals surface area contributed by atoms with Crippen LogP contribution in [0.5, 0.6) is 0 Å². The summed E-state index contributed by atoms with van der Waals surface area (Å²) in [6.07, 6.45) is 2.51. The highest BCUT2D eigenvalue weighted by atomic mass is 16.5. The van der Waals surface area contributed by atoms with Gasteiger partial charge in [-0.2, -0.15) is 4.98 Å². The van der Waals surface area contributed by atoms with E-state index in [4.69, 9.17) is 10.1 Å². The van der Waals surface area contributed by atoms with Crippen LogP contribution in [-0.2, 0) is 4.74 Å². The van der Waals surface area contributed by atoms with Gasteiger partial charge in [0, 0.05) is 25.9 Å². The highest BCUT2D eigenvalue weighted by molar-refractivity contribution is 5.74. The lowest BCUT2D eigenvalue weighted by Gasteiger charge is -2.18. The number of benzene rings is 1. The van der Waals surface area contributed by atoms with Gasteiger partial charge in [0.1, 0.15) is 5.82 Å². The van der Waals surface area contributed by atoms with Crippen LogP contribution < -0.4 is 10.2 Å². The summed E-state index contributed by atoms with van der Waals surface area (Å²) in [5, 5.41) is 10.3. The summed E-state index contributed by atoms with van der Waals surface area (Å²) in [6, 6.07) is 11.5. The molecule has 0 fully saturated rings. The Morgan fingerprint density at radius 2 is 2.05 bits per heavy atom. The Morgan fingerprint density at radius 1 is 1.30 bits per heavy atom. The first-order valence-corrected chi connectivity index (χ1v) is 6.15. The van der Waals surface area contributed by atoms with Gasteiger partial charge in [0.05, 0.1) is 6.34 Å². The molecule has 0 spiro atoms. The summed E-state index contributed by atoms with van der Waals surface area (Å²) >= 11 is 0. The second-order valence-corrected chi connectivity index (χ2v) is 4.15. The average Bonchev–Trinajstić information content (AvgIpc) is 2.53. The zero-order chi connectivity index (χ0) is 14.4. The summed E-state index contributed by atoms with van der Waals surface area (Å²) < 4.78 is 5.42. The number of methoxy groups -OCH3 is 1. The molecule has 1 unspecified atom stereocenters.